The molecular weight excluding hydrogens is 254 g/mol. The molecule has 1 unspecified atom stereocenters. The number of aromatic nitrogens is 4. The molecule has 2 aromatic rings. The zero-order valence-corrected chi connectivity index (χ0v) is 12.6. The van der Waals surface area contributed by atoms with E-state index in [-0.39, 0.29) is 11.5 Å². The molecule has 20 heavy (non-hydrogen) atoms. The summed E-state index contributed by atoms with van der Waals surface area (Å²) in [6.07, 6.45) is 0.756. The molecule has 2 heterocycles. The van der Waals surface area contributed by atoms with Crippen LogP contribution in [0.5, 0.6) is 0 Å². The quantitative estimate of drug-likeness (QED) is 0.925. The van der Waals surface area contributed by atoms with E-state index in [1.54, 1.807) is 0 Å². The van der Waals surface area contributed by atoms with Gasteiger partial charge in [-0.3, -0.25) is 0 Å². The molecule has 2 aromatic heterocycles. The van der Waals surface area contributed by atoms with Gasteiger partial charge in [0.1, 0.15) is 0 Å². The Balaban J connectivity index is 2.41. The molecule has 6 nitrogen and oxygen atoms in total. The van der Waals surface area contributed by atoms with Crippen LogP contribution in [0.4, 0.5) is 0 Å². The summed E-state index contributed by atoms with van der Waals surface area (Å²) in [5, 5.41) is 12.2. The Morgan fingerprint density at radius 1 is 1.30 bits per heavy atom. The Kier molecular flexibility index (Phi) is 3.85. The Morgan fingerprint density at radius 2 is 2.00 bits per heavy atom. The van der Waals surface area contributed by atoms with Crippen LogP contribution < -0.4 is 5.73 Å². The molecule has 2 rings (SSSR count). The lowest BCUT2D eigenvalue weighted by Crippen LogP contribution is -2.27. The summed E-state index contributed by atoms with van der Waals surface area (Å²) in [5.41, 5.74) is 8.52. The van der Waals surface area contributed by atoms with Gasteiger partial charge in [0.25, 0.3) is 5.89 Å². The average molecular weight is 275 g/mol. The monoisotopic (exact) mass is 275 g/mol. The molecule has 0 amide bonds. The molecule has 0 aliphatic carbocycles. The Labute approximate surface area is 118 Å². The van der Waals surface area contributed by atoms with Crippen molar-refractivity contribution in [1.29, 1.82) is 0 Å². The fraction of sp³-hybridized carbons (Fsp3) is 0.571. The van der Waals surface area contributed by atoms with Gasteiger partial charge >= 0.3 is 0 Å². The summed E-state index contributed by atoms with van der Waals surface area (Å²) in [6.45, 7) is 10.0. The molecule has 0 radical (unpaired) electrons. The van der Waals surface area contributed by atoms with Crippen LogP contribution in [-0.2, 0) is 6.42 Å². The van der Waals surface area contributed by atoms with Gasteiger partial charge in [-0.25, -0.2) is 0 Å². The van der Waals surface area contributed by atoms with E-state index in [0.29, 0.717) is 11.7 Å². The number of nitrogens with zero attached hydrogens (tertiary/aromatic N) is 4. The smallest absolute Gasteiger partial charge is 0.259 e. The first-order valence-electron chi connectivity index (χ1n) is 6.75. The zero-order chi connectivity index (χ0) is 14.9. The van der Waals surface area contributed by atoms with Crippen LogP contribution in [0.1, 0.15) is 50.9 Å². The molecular formula is C14H21N5O. The third-order valence-electron chi connectivity index (χ3n) is 3.21. The molecule has 2 N–H and O–H groups in total. The van der Waals surface area contributed by atoms with Crippen molar-refractivity contribution in [2.24, 2.45) is 11.1 Å². The first kappa shape index (κ1) is 14.6. The maximum atomic E-state index is 6.15. The van der Waals surface area contributed by atoms with E-state index in [1.165, 1.54) is 0 Å². The summed E-state index contributed by atoms with van der Waals surface area (Å²) in [4.78, 5) is 4.43. The lowest BCUT2D eigenvalue weighted by molar-refractivity contribution is 0.303. The molecule has 0 saturated carbocycles. The second-order valence-electron chi connectivity index (χ2n) is 6.00. The van der Waals surface area contributed by atoms with Gasteiger partial charge < -0.3 is 10.3 Å². The van der Waals surface area contributed by atoms with Gasteiger partial charge in [-0.05, 0) is 24.8 Å². The summed E-state index contributed by atoms with van der Waals surface area (Å²) < 4.78 is 5.36. The minimum atomic E-state index is -0.277. The highest BCUT2D eigenvalue weighted by Gasteiger charge is 2.27. The summed E-state index contributed by atoms with van der Waals surface area (Å²) in [6, 6.07) is 1.63. The lowest BCUT2D eigenvalue weighted by atomic mass is 9.87. The Morgan fingerprint density at radius 3 is 2.60 bits per heavy atom. The number of hydrogen-bond donors (Lipinski definition) is 1. The Hall–Kier alpha value is -1.82. The van der Waals surface area contributed by atoms with Crippen molar-refractivity contribution in [3.63, 3.8) is 0 Å². The van der Waals surface area contributed by atoms with E-state index in [0.717, 1.165) is 23.4 Å². The second-order valence-corrected chi connectivity index (χ2v) is 6.00. The van der Waals surface area contributed by atoms with Crippen molar-refractivity contribution >= 4 is 0 Å². The molecule has 6 heteroatoms. The Bertz CT molecular complexity index is 600. The van der Waals surface area contributed by atoms with Crippen molar-refractivity contribution in [3.05, 3.63) is 23.3 Å². The first-order valence-corrected chi connectivity index (χ1v) is 6.75. The maximum absolute atomic E-state index is 6.15. The van der Waals surface area contributed by atoms with E-state index in [9.17, 15) is 0 Å². The SMILES string of the molecule is CCc1nnc(C)cc1-c1nc(C(N)C(C)(C)C)no1. The fourth-order valence-electron chi connectivity index (χ4n) is 1.82. The number of hydrogen-bond acceptors (Lipinski definition) is 6. The fourth-order valence-corrected chi connectivity index (χ4v) is 1.82. The van der Waals surface area contributed by atoms with Gasteiger partial charge in [0.05, 0.1) is 23.0 Å². The van der Waals surface area contributed by atoms with E-state index in [1.807, 2.05) is 40.7 Å². The molecule has 0 aliphatic heterocycles. The largest absolute Gasteiger partial charge is 0.334 e. The highest BCUT2D eigenvalue weighted by atomic mass is 16.5. The van der Waals surface area contributed by atoms with Crippen LogP contribution in [0.25, 0.3) is 11.5 Å². The maximum Gasteiger partial charge on any atom is 0.259 e. The molecule has 1 atom stereocenters. The van der Waals surface area contributed by atoms with Crippen LogP contribution in [0.2, 0.25) is 0 Å². The summed E-state index contributed by atoms with van der Waals surface area (Å²) in [7, 11) is 0. The molecule has 0 spiro atoms. The molecule has 0 fully saturated rings. The van der Waals surface area contributed by atoms with Gasteiger partial charge in [-0.15, -0.1) is 0 Å². The molecule has 0 aliphatic rings. The van der Waals surface area contributed by atoms with E-state index >= 15 is 0 Å². The van der Waals surface area contributed by atoms with Crippen LogP contribution in [0.15, 0.2) is 10.6 Å². The third-order valence-corrected chi connectivity index (χ3v) is 3.21. The highest BCUT2D eigenvalue weighted by molar-refractivity contribution is 5.56. The second kappa shape index (κ2) is 5.28. The predicted molar refractivity (Wildman–Crippen MR) is 75.8 cm³/mol. The van der Waals surface area contributed by atoms with E-state index in [4.69, 9.17) is 10.3 Å². The van der Waals surface area contributed by atoms with Crippen LogP contribution in [-0.4, -0.2) is 20.3 Å². The van der Waals surface area contributed by atoms with Gasteiger partial charge in [-0.1, -0.05) is 32.9 Å². The normalized spacial score (nSPS) is 13.5. The lowest BCUT2D eigenvalue weighted by Gasteiger charge is -2.23. The molecule has 0 saturated heterocycles. The van der Waals surface area contributed by atoms with Gasteiger partial charge in [0, 0.05) is 0 Å². The zero-order valence-electron chi connectivity index (χ0n) is 12.6. The van der Waals surface area contributed by atoms with Crippen molar-refractivity contribution in [2.75, 3.05) is 0 Å². The summed E-state index contributed by atoms with van der Waals surface area (Å²) in [5.74, 6) is 0.971. The minimum absolute atomic E-state index is 0.124. The van der Waals surface area contributed by atoms with Gasteiger partial charge in [0.2, 0.25) is 0 Å². The number of aryl methyl sites for hydroxylation is 2. The predicted octanol–water partition coefficient (Wildman–Crippen LogP) is 2.44. The van der Waals surface area contributed by atoms with Crippen molar-refractivity contribution < 1.29 is 4.52 Å². The average Bonchev–Trinajstić information content (AvgIpc) is 2.86. The molecule has 0 aromatic carbocycles. The third kappa shape index (κ3) is 2.85. The van der Waals surface area contributed by atoms with Crippen molar-refractivity contribution in [1.82, 2.24) is 20.3 Å². The molecule has 0 bridgehead atoms. The van der Waals surface area contributed by atoms with Crippen LogP contribution >= 0.6 is 0 Å². The highest BCUT2D eigenvalue weighted by Crippen LogP contribution is 2.30. The van der Waals surface area contributed by atoms with E-state index < -0.39 is 0 Å². The van der Waals surface area contributed by atoms with E-state index in [2.05, 4.69) is 20.3 Å². The van der Waals surface area contributed by atoms with Gasteiger partial charge in [-0.2, -0.15) is 15.2 Å². The van der Waals surface area contributed by atoms with Gasteiger partial charge in [0.15, 0.2) is 5.82 Å². The number of nitrogens with two attached hydrogens (primary N) is 1. The standard InChI is InChI=1S/C14H21N5O/c1-6-10-9(7-8(2)17-18-10)13-16-12(19-20-13)11(15)14(3,4)5/h7,11H,6,15H2,1-5H3. The minimum Gasteiger partial charge on any atom is -0.334 e. The molecule has 108 valence electrons. The number of rotatable bonds is 3. The summed E-state index contributed by atoms with van der Waals surface area (Å²) >= 11 is 0. The van der Waals surface area contributed by atoms with Crippen molar-refractivity contribution in [2.45, 2.75) is 47.1 Å². The first-order chi connectivity index (χ1) is 9.32. The van der Waals surface area contributed by atoms with Crippen LogP contribution in [0, 0.1) is 12.3 Å². The van der Waals surface area contributed by atoms with Crippen molar-refractivity contribution in [3.8, 4) is 11.5 Å². The topological polar surface area (TPSA) is 90.7 Å². The van der Waals surface area contributed by atoms with Crippen LogP contribution in [0.3, 0.4) is 0 Å².